The Hall–Kier alpha value is -1.33. The van der Waals surface area contributed by atoms with E-state index in [1.165, 1.54) is 6.07 Å². The lowest BCUT2D eigenvalue weighted by Gasteiger charge is -2.37. The third-order valence-electron chi connectivity index (χ3n) is 3.50. The molecule has 0 aromatic heterocycles. The molecule has 2 unspecified atom stereocenters. The first kappa shape index (κ1) is 14.1. The van der Waals surface area contributed by atoms with E-state index >= 15 is 0 Å². The Morgan fingerprint density at radius 3 is 2.79 bits per heavy atom. The summed E-state index contributed by atoms with van der Waals surface area (Å²) in [6.07, 6.45) is 0. The zero-order valence-corrected chi connectivity index (χ0v) is 11.0. The van der Waals surface area contributed by atoms with Gasteiger partial charge in [0.15, 0.2) is 17.4 Å². The van der Waals surface area contributed by atoms with Crippen molar-refractivity contribution in [2.75, 3.05) is 19.8 Å². The third-order valence-corrected chi connectivity index (χ3v) is 3.50. The molecule has 1 saturated heterocycles. The van der Waals surface area contributed by atoms with Crippen LogP contribution in [0.4, 0.5) is 8.78 Å². The van der Waals surface area contributed by atoms with E-state index in [0.29, 0.717) is 19.8 Å². The predicted molar refractivity (Wildman–Crippen MR) is 67.1 cm³/mol. The Labute approximate surface area is 111 Å². The molecule has 1 fully saturated rings. The molecule has 19 heavy (non-hydrogen) atoms. The topological polar surface area (TPSA) is 29.5 Å². The molecular weight excluding hydrogens is 252 g/mol. The van der Waals surface area contributed by atoms with Gasteiger partial charge in [-0.3, -0.25) is 9.69 Å². The molecule has 0 radical (unpaired) electrons. The monoisotopic (exact) mass is 269 g/mol. The van der Waals surface area contributed by atoms with Crippen molar-refractivity contribution in [3.63, 3.8) is 0 Å². The number of hydrogen-bond acceptors (Lipinski definition) is 3. The summed E-state index contributed by atoms with van der Waals surface area (Å²) in [5.41, 5.74) is 0.199. The van der Waals surface area contributed by atoms with Gasteiger partial charge in [0.25, 0.3) is 0 Å². The molecule has 0 amide bonds. The van der Waals surface area contributed by atoms with E-state index in [1.54, 1.807) is 6.92 Å². The maximum Gasteiger partial charge on any atom is 0.179 e. The van der Waals surface area contributed by atoms with Gasteiger partial charge < -0.3 is 4.74 Å². The molecule has 1 heterocycles. The number of hydrogen-bond donors (Lipinski definition) is 0. The van der Waals surface area contributed by atoms with Crippen LogP contribution < -0.4 is 0 Å². The van der Waals surface area contributed by atoms with E-state index < -0.39 is 11.6 Å². The van der Waals surface area contributed by atoms with Crippen LogP contribution in [0, 0.1) is 11.6 Å². The van der Waals surface area contributed by atoms with Crippen LogP contribution in [0.15, 0.2) is 18.2 Å². The third kappa shape index (κ3) is 2.98. The van der Waals surface area contributed by atoms with E-state index in [1.807, 2.05) is 11.8 Å². The summed E-state index contributed by atoms with van der Waals surface area (Å²) in [6.45, 7) is 5.59. The summed E-state index contributed by atoms with van der Waals surface area (Å²) in [5, 5.41) is 0. The first-order valence-electron chi connectivity index (χ1n) is 6.33. The summed E-state index contributed by atoms with van der Waals surface area (Å²) in [5.74, 6) is -2.13. The van der Waals surface area contributed by atoms with E-state index in [4.69, 9.17) is 4.74 Å². The van der Waals surface area contributed by atoms with Gasteiger partial charge in [-0.25, -0.2) is 8.78 Å². The molecular formula is C14H17F2NO2. The molecule has 2 atom stereocenters. The summed E-state index contributed by atoms with van der Waals surface area (Å²) >= 11 is 0. The maximum atomic E-state index is 13.2. The van der Waals surface area contributed by atoms with Crippen molar-refractivity contribution >= 4 is 5.78 Å². The number of carbonyl (C=O) groups excluding carboxylic acids is 1. The second kappa shape index (κ2) is 5.75. The molecule has 0 N–H and O–H groups in total. The van der Waals surface area contributed by atoms with Crippen LogP contribution in [0.2, 0.25) is 0 Å². The number of benzene rings is 1. The highest BCUT2D eigenvalue weighted by Crippen LogP contribution is 2.16. The predicted octanol–water partition coefficient (Wildman–Crippen LogP) is 2.26. The normalized spacial score (nSPS) is 22.2. The Kier molecular flexibility index (Phi) is 4.27. The quantitative estimate of drug-likeness (QED) is 0.788. The molecule has 0 bridgehead atoms. The molecule has 1 aliphatic rings. The largest absolute Gasteiger partial charge is 0.379 e. The van der Waals surface area contributed by atoms with E-state index in [0.717, 1.165) is 12.1 Å². The number of rotatable bonds is 3. The molecule has 0 saturated carbocycles. The average molecular weight is 269 g/mol. The lowest BCUT2D eigenvalue weighted by atomic mass is 10.0. The van der Waals surface area contributed by atoms with E-state index in [-0.39, 0.29) is 23.4 Å². The van der Waals surface area contributed by atoms with Gasteiger partial charge in [-0.1, -0.05) is 0 Å². The van der Waals surface area contributed by atoms with Crippen LogP contribution in [-0.4, -0.2) is 42.5 Å². The lowest BCUT2D eigenvalue weighted by Crippen LogP contribution is -2.51. The number of halogens is 2. The highest BCUT2D eigenvalue weighted by molar-refractivity contribution is 5.99. The van der Waals surface area contributed by atoms with Crippen LogP contribution in [0.25, 0.3) is 0 Å². The summed E-state index contributed by atoms with van der Waals surface area (Å²) in [4.78, 5) is 14.3. The van der Waals surface area contributed by atoms with Crippen molar-refractivity contribution in [1.82, 2.24) is 4.90 Å². The molecule has 0 spiro atoms. The Balaban J connectivity index is 2.15. The maximum absolute atomic E-state index is 13.2. The van der Waals surface area contributed by atoms with E-state index in [9.17, 15) is 13.6 Å². The number of morpholine rings is 1. The first-order chi connectivity index (χ1) is 9.00. The van der Waals surface area contributed by atoms with Gasteiger partial charge in [0, 0.05) is 18.2 Å². The summed E-state index contributed by atoms with van der Waals surface area (Å²) in [6, 6.07) is 3.03. The van der Waals surface area contributed by atoms with Crippen molar-refractivity contribution in [3.8, 4) is 0 Å². The van der Waals surface area contributed by atoms with Crippen LogP contribution in [-0.2, 0) is 4.74 Å². The molecule has 1 aromatic rings. The van der Waals surface area contributed by atoms with Crippen LogP contribution in [0.3, 0.4) is 0 Å². The average Bonchev–Trinajstić information content (AvgIpc) is 2.41. The molecule has 2 rings (SSSR count). The fourth-order valence-corrected chi connectivity index (χ4v) is 2.36. The highest BCUT2D eigenvalue weighted by Gasteiger charge is 2.29. The van der Waals surface area contributed by atoms with Crippen molar-refractivity contribution in [1.29, 1.82) is 0 Å². The van der Waals surface area contributed by atoms with Crippen LogP contribution in [0.5, 0.6) is 0 Å². The minimum atomic E-state index is -0.993. The minimum absolute atomic E-state index is 0.137. The molecule has 0 aliphatic carbocycles. The van der Waals surface area contributed by atoms with Crippen molar-refractivity contribution in [2.45, 2.75) is 25.9 Å². The van der Waals surface area contributed by atoms with Crippen LogP contribution >= 0.6 is 0 Å². The second-order valence-electron chi connectivity index (χ2n) is 4.83. The van der Waals surface area contributed by atoms with Gasteiger partial charge in [0.1, 0.15) is 0 Å². The van der Waals surface area contributed by atoms with Crippen molar-refractivity contribution in [2.24, 2.45) is 0 Å². The molecule has 3 nitrogen and oxygen atoms in total. The highest BCUT2D eigenvalue weighted by atomic mass is 19.2. The number of carbonyl (C=O) groups is 1. The van der Waals surface area contributed by atoms with Gasteiger partial charge in [0.2, 0.25) is 0 Å². The molecule has 1 aliphatic heterocycles. The number of ether oxygens (including phenoxy) is 1. The second-order valence-corrected chi connectivity index (χ2v) is 4.83. The molecule has 5 heteroatoms. The fourth-order valence-electron chi connectivity index (χ4n) is 2.36. The summed E-state index contributed by atoms with van der Waals surface area (Å²) in [7, 11) is 0. The number of nitrogens with zero attached hydrogens (tertiary/aromatic N) is 1. The zero-order chi connectivity index (χ0) is 14.0. The summed E-state index contributed by atoms with van der Waals surface area (Å²) < 4.78 is 31.3. The number of ketones is 1. The minimum Gasteiger partial charge on any atom is -0.379 e. The van der Waals surface area contributed by atoms with Gasteiger partial charge in [-0.15, -0.1) is 0 Å². The van der Waals surface area contributed by atoms with Gasteiger partial charge >= 0.3 is 0 Å². The van der Waals surface area contributed by atoms with Gasteiger partial charge in [0.05, 0.1) is 19.3 Å². The number of Topliss-reactive ketones (excluding diaryl/α,β-unsaturated/α-hetero) is 1. The Morgan fingerprint density at radius 1 is 1.42 bits per heavy atom. The SMILES string of the molecule is CC1COCCN1C(C)C(=O)c1ccc(F)c(F)c1. The lowest BCUT2D eigenvalue weighted by molar-refractivity contribution is -0.0143. The van der Waals surface area contributed by atoms with Crippen molar-refractivity contribution in [3.05, 3.63) is 35.4 Å². The van der Waals surface area contributed by atoms with Crippen LogP contribution in [0.1, 0.15) is 24.2 Å². The van der Waals surface area contributed by atoms with Gasteiger partial charge in [-0.2, -0.15) is 0 Å². The van der Waals surface area contributed by atoms with E-state index in [2.05, 4.69) is 0 Å². The van der Waals surface area contributed by atoms with Crippen molar-refractivity contribution < 1.29 is 18.3 Å². The van der Waals surface area contributed by atoms with Gasteiger partial charge in [-0.05, 0) is 32.0 Å². The Morgan fingerprint density at radius 2 is 2.16 bits per heavy atom. The fraction of sp³-hybridized carbons (Fsp3) is 0.500. The smallest absolute Gasteiger partial charge is 0.179 e. The Bertz CT molecular complexity index is 479. The zero-order valence-electron chi connectivity index (χ0n) is 11.0. The molecule has 1 aromatic carbocycles. The molecule has 104 valence electrons. The standard InChI is InChI=1S/C14H17F2NO2/c1-9-8-19-6-5-17(9)10(2)14(18)11-3-4-12(15)13(16)7-11/h3-4,7,9-10H,5-6,8H2,1-2H3. The first-order valence-corrected chi connectivity index (χ1v) is 6.33.